The lowest BCUT2D eigenvalue weighted by Gasteiger charge is -2.09. The van der Waals surface area contributed by atoms with Gasteiger partial charge in [0.25, 0.3) is 0 Å². The highest BCUT2D eigenvalue weighted by atomic mass is 16.1. The third kappa shape index (κ3) is 8.62. The third-order valence-electron chi connectivity index (χ3n) is 1.55. The second-order valence-electron chi connectivity index (χ2n) is 3.28. The van der Waals surface area contributed by atoms with Gasteiger partial charge in [-0.3, -0.25) is 4.79 Å². The predicted molar refractivity (Wildman–Crippen MR) is 63.2 cm³/mol. The average molecular weight is 209 g/mol. The lowest BCUT2D eigenvalue weighted by Crippen LogP contribution is -2.35. The summed E-state index contributed by atoms with van der Waals surface area (Å²) in [4.78, 5) is 11.2. The summed E-state index contributed by atoms with van der Waals surface area (Å²) in [6.07, 6.45) is 1.58. The molecule has 0 bridgehead atoms. The van der Waals surface area contributed by atoms with E-state index in [1.165, 1.54) is 0 Å². The largest absolute Gasteiger partial charge is 0.386 e. The molecule has 0 aliphatic carbocycles. The van der Waals surface area contributed by atoms with Crippen LogP contribution in [0.1, 0.15) is 6.92 Å². The fourth-order valence-corrected chi connectivity index (χ4v) is 0.775. The van der Waals surface area contributed by atoms with E-state index >= 15 is 0 Å². The first-order valence-electron chi connectivity index (χ1n) is 4.73. The van der Waals surface area contributed by atoms with Crippen molar-refractivity contribution in [3.63, 3.8) is 0 Å². The van der Waals surface area contributed by atoms with Gasteiger partial charge >= 0.3 is 0 Å². The molecular formula is C11H19N3O. The number of carbonyl (C=O) groups is 1. The minimum absolute atomic E-state index is 0.0715. The zero-order valence-corrected chi connectivity index (χ0v) is 9.23. The summed E-state index contributed by atoms with van der Waals surface area (Å²) in [6, 6.07) is 0. The summed E-state index contributed by atoms with van der Waals surface area (Å²) in [5.41, 5.74) is 1.68. The predicted octanol–water partition coefficient (Wildman–Crippen LogP) is 0.515. The van der Waals surface area contributed by atoms with Gasteiger partial charge in [-0.1, -0.05) is 25.3 Å². The van der Waals surface area contributed by atoms with E-state index in [1.807, 2.05) is 6.92 Å². The van der Waals surface area contributed by atoms with Gasteiger partial charge in [0.1, 0.15) is 0 Å². The van der Waals surface area contributed by atoms with Gasteiger partial charge in [-0.2, -0.15) is 0 Å². The van der Waals surface area contributed by atoms with E-state index in [2.05, 4.69) is 35.7 Å². The monoisotopic (exact) mass is 209 g/mol. The van der Waals surface area contributed by atoms with Gasteiger partial charge in [-0.05, 0) is 13.1 Å². The van der Waals surface area contributed by atoms with Gasteiger partial charge in [-0.25, -0.2) is 0 Å². The molecule has 0 aromatic heterocycles. The molecule has 0 saturated carbocycles. The van der Waals surface area contributed by atoms with Crippen molar-refractivity contribution in [2.24, 2.45) is 0 Å². The van der Waals surface area contributed by atoms with Gasteiger partial charge < -0.3 is 16.0 Å². The van der Waals surface area contributed by atoms with Crippen LogP contribution in [0.2, 0.25) is 0 Å². The fraction of sp³-hybridized carbons (Fsp3) is 0.364. The van der Waals surface area contributed by atoms with Crippen molar-refractivity contribution in [2.75, 3.05) is 19.6 Å². The Bertz CT molecular complexity index is 259. The van der Waals surface area contributed by atoms with Gasteiger partial charge in [0.05, 0.1) is 13.1 Å². The van der Waals surface area contributed by atoms with Crippen LogP contribution in [0, 0.1) is 0 Å². The van der Waals surface area contributed by atoms with E-state index in [1.54, 1.807) is 6.20 Å². The molecule has 15 heavy (non-hydrogen) atoms. The van der Waals surface area contributed by atoms with E-state index in [9.17, 15) is 4.79 Å². The Balaban J connectivity index is 3.57. The number of hydrogen-bond acceptors (Lipinski definition) is 3. The molecule has 0 heterocycles. The molecule has 0 aromatic rings. The highest BCUT2D eigenvalue weighted by Gasteiger charge is 2.00. The Morgan fingerprint density at radius 3 is 2.40 bits per heavy atom. The lowest BCUT2D eigenvalue weighted by atomic mass is 10.3. The molecule has 0 fully saturated rings. The summed E-state index contributed by atoms with van der Waals surface area (Å²) < 4.78 is 0. The minimum atomic E-state index is -0.0715. The van der Waals surface area contributed by atoms with Crippen LogP contribution in [-0.2, 0) is 4.79 Å². The fourth-order valence-electron chi connectivity index (χ4n) is 0.775. The maximum Gasteiger partial charge on any atom is 0.239 e. The second-order valence-corrected chi connectivity index (χ2v) is 3.28. The Kier molecular flexibility index (Phi) is 6.80. The molecule has 3 N–H and O–H groups in total. The van der Waals surface area contributed by atoms with Crippen LogP contribution in [0.3, 0.4) is 0 Å². The standard InChI is InChI=1S/C11H19N3O/c1-5-12-7-10(4)13-8-11(15)14-6-9(2)3/h5,12-13H,1-2,4,6-8H2,3H3,(H,14,15). The van der Waals surface area contributed by atoms with E-state index in [0.29, 0.717) is 13.1 Å². The van der Waals surface area contributed by atoms with Crippen LogP contribution < -0.4 is 16.0 Å². The normalized spacial score (nSPS) is 8.87. The number of amides is 1. The quantitative estimate of drug-likeness (QED) is 0.511. The van der Waals surface area contributed by atoms with Gasteiger partial charge in [0, 0.05) is 12.2 Å². The van der Waals surface area contributed by atoms with Crippen molar-refractivity contribution in [3.05, 3.63) is 37.2 Å². The topological polar surface area (TPSA) is 53.2 Å². The highest BCUT2D eigenvalue weighted by Crippen LogP contribution is 1.83. The molecule has 0 aliphatic heterocycles. The van der Waals surface area contributed by atoms with Crippen molar-refractivity contribution in [1.82, 2.24) is 16.0 Å². The molecule has 0 aromatic carbocycles. The minimum Gasteiger partial charge on any atom is -0.386 e. The number of hydrogen-bond donors (Lipinski definition) is 3. The number of nitrogens with one attached hydrogen (secondary N) is 3. The molecule has 84 valence electrons. The lowest BCUT2D eigenvalue weighted by molar-refractivity contribution is -0.119. The van der Waals surface area contributed by atoms with Crippen LogP contribution >= 0.6 is 0 Å². The molecule has 0 unspecified atom stereocenters. The van der Waals surface area contributed by atoms with Gasteiger partial charge in [0.2, 0.25) is 5.91 Å². The van der Waals surface area contributed by atoms with E-state index in [0.717, 1.165) is 11.3 Å². The summed E-state index contributed by atoms with van der Waals surface area (Å²) >= 11 is 0. The van der Waals surface area contributed by atoms with Gasteiger partial charge in [-0.15, -0.1) is 0 Å². The van der Waals surface area contributed by atoms with E-state index < -0.39 is 0 Å². The molecule has 0 radical (unpaired) electrons. The Morgan fingerprint density at radius 1 is 1.20 bits per heavy atom. The Labute approximate surface area is 91.1 Å². The smallest absolute Gasteiger partial charge is 0.239 e. The SMILES string of the molecule is C=CNCC(=C)NCC(=O)NCC(=C)C. The zero-order chi connectivity index (χ0) is 11.7. The molecule has 0 aliphatic rings. The van der Waals surface area contributed by atoms with Crippen molar-refractivity contribution in [2.45, 2.75) is 6.92 Å². The molecule has 0 spiro atoms. The Hall–Kier alpha value is -1.71. The van der Waals surface area contributed by atoms with Crippen molar-refractivity contribution in [3.8, 4) is 0 Å². The van der Waals surface area contributed by atoms with E-state index in [-0.39, 0.29) is 12.5 Å². The Morgan fingerprint density at radius 2 is 1.87 bits per heavy atom. The van der Waals surface area contributed by atoms with Crippen LogP contribution in [0.5, 0.6) is 0 Å². The maximum atomic E-state index is 11.2. The molecule has 1 amide bonds. The van der Waals surface area contributed by atoms with Gasteiger partial charge in [0.15, 0.2) is 0 Å². The van der Waals surface area contributed by atoms with Crippen LogP contribution in [0.4, 0.5) is 0 Å². The molecule has 0 rings (SSSR count). The summed E-state index contributed by atoms with van der Waals surface area (Å²) in [5.74, 6) is -0.0715. The summed E-state index contributed by atoms with van der Waals surface area (Å²) in [6.45, 7) is 14.1. The first kappa shape index (κ1) is 13.3. The average Bonchev–Trinajstić information content (AvgIpc) is 2.20. The summed E-state index contributed by atoms with van der Waals surface area (Å²) in [5, 5.41) is 8.48. The van der Waals surface area contributed by atoms with Crippen LogP contribution in [0.25, 0.3) is 0 Å². The van der Waals surface area contributed by atoms with Crippen LogP contribution in [-0.4, -0.2) is 25.5 Å². The summed E-state index contributed by atoms with van der Waals surface area (Å²) in [7, 11) is 0. The van der Waals surface area contributed by atoms with E-state index in [4.69, 9.17) is 0 Å². The van der Waals surface area contributed by atoms with Crippen molar-refractivity contribution < 1.29 is 4.79 Å². The van der Waals surface area contributed by atoms with Crippen molar-refractivity contribution >= 4 is 5.91 Å². The second kappa shape index (κ2) is 7.67. The molecular weight excluding hydrogens is 190 g/mol. The first-order valence-corrected chi connectivity index (χ1v) is 4.73. The highest BCUT2D eigenvalue weighted by molar-refractivity contribution is 5.78. The number of rotatable bonds is 8. The maximum absolute atomic E-state index is 11.2. The molecule has 4 heteroatoms. The zero-order valence-electron chi connectivity index (χ0n) is 9.23. The molecule has 0 atom stereocenters. The third-order valence-corrected chi connectivity index (χ3v) is 1.55. The van der Waals surface area contributed by atoms with Crippen LogP contribution in [0.15, 0.2) is 37.2 Å². The molecule has 4 nitrogen and oxygen atoms in total. The van der Waals surface area contributed by atoms with Crippen molar-refractivity contribution in [1.29, 1.82) is 0 Å². The first-order chi connectivity index (χ1) is 7.06. The molecule has 0 saturated heterocycles. The number of carbonyl (C=O) groups excluding carboxylic acids is 1.